The predicted octanol–water partition coefficient (Wildman–Crippen LogP) is 6.19. The number of aryl methyl sites for hydroxylation is 1. The van der Waals surface area contributed by atoms with Crippen molar-refractivity contribution in [1.82, 2.24) is 10.2 Å². The van der Waals surface area contributed by atoms with Crippen molar-refractivity contribution in [2.24, 2.45) is 0 Å². The summed E-state index contributed by atoms with van der Waals surface area (Å²) in [6.07, 6.45) is -4.60. The molecule has 1 atom stereocenters. The van der Waals surface area contributed by atoms with Crippen LogP contribution in [0, 0.1) is 6.92 Å². The van der Waals surface area contributed by atoms with Gasteiger partial charge in [-0.1, -0.05) is 66.6 Å². The van der Waals surface area contributed by atoms with E-state index in [0.717, 1.165) is 17.7 Å². The largest absolute Gasteiger partial charge is 0.416 e. The van der Waals surface area contributed by atoms with Crippen molar-refractivity contribution in [1.29, 1.82) is 0 Å². The van der Waals surface area contributed by atoms with Gasteiger partial charge in [-0.3, -0.25) is 13.9 Å². The fourth-order valence-electron chi connectivity index (χ4n) is 4.30. The Hall–Kier alpha value is -3.57. The van der Waals surface area contributed by atoms with Crippen molar-refractivity contribution in [3.63, 3.8) is 0 Å². The molecule has 0 spiro atoms. The van der Waals surface area contributed by atoms with Gasteiger partial charge in [0.25, 0.3) is 10.0 Å². The van der Waals surface area contributed by atoms with Gasteiger partial charge < -0.3 is 10.2 Å². The van der Waals surface area contributed by atoms with Crippen LogP contribution in [0.25, 0.3) is 0 Å². The number of sulfonamides is 1. The number of benzene rings is 3. The highest BCUT2D eigenvalue weighted by atomic mass is 35.5. The number of amides is 2. The van der Waals surface area contributed by atoms with Crippen molar-refractivity contribution in [2.45, 2.75) is 63.8 Å². The van der Waals surface area contributed by atoms with Crippen molar-refractivity contribution in [2.75, 3.05) is 10.8 Å². The van der Waals surface area contributed by atoms with E-state index in [0.29, 0.717) is 15.9 Å². The summed E-state index contributed by atoms with van der Waals surface area (Å²) in [5, 5.41) is 2.49. The second kappa shape index (κ2) is 13.6. The number of carbonyl (C=O) groups excluding carboxylic acids is 2. The summed E-state index contributed by atoms with van der Waals surface area (Å²) in [7, 11) is -4.58. The number of nitrogens with zero attached hydrogens (tertiary/aromatic N) is 2. The third kappa shape index (κ3) is 8.04. The number of hydrogen-bond donors (Lipinski definition) is 1. The molecule has 42 heavy (non-hydrogen) atoms. The highest BCUT2D eigenvalue weighted by molar-refractivity contribution is 7.92. The van der Waals surface area contributed by atoms with E-state index in [-0.39, 0.29) is 28.9 Å². The van der Waals surface area contributed by atoms with E-state index in [9.17, 15) is 31.2 Å². The molecule has 0 fully saturated rings. The van der Waals surface area contributed by atoms with Crippen molar-refractivity contribution < 1.29 is 31.2 Å². The lowest BCUT2D eigenvalue weighted by Gasteiger charge is -2.34. The molecule has 0 aromatic heterocycles. The number of rotatable bonds is 11. The summed E-state index contributed by atoms with van der Waals surface area (Å²) in [5.74, 6) is -1.24. The summed E-state index contributed by atoms with van der Waals surface area (Å²) in [4.78, 5) is 28.2. The van der Waals surface area contributed by atoms with Gasteiger partial charge in [0.1, 0.15) is 12.6 Å². The van der Waals surface area contributed by atoms with E-state index >= 15 is 0 Å². The van der Waals surface area contributed by atoms with Gasteiger partial charge in [-0.25, -0.2) is 8.42 Å². The summed E-state index contributed by atoms with van der Waals surface area (Å²) >= 11 is 6.28. The highest BCUT2D eigenvalue weighted by Gasteiger charge is 2.37. The first-order valence-corrected chi connectivity index (χ1v) is 15.1. The lowest BCUT2D eigenvalue weighted by molar-refractivity contribution is -0.140. The van der Waals surface area contributed by atoms with Crippen molar-refractivity contribution in [3.05, 3.63) is 94.5 Å². The maximum Gasteiger partial charge on any atom is 0.416 e. The molecular formula is C30H33ClF3N3O4S. The molecule has 0 saturated carbocycles. The highest BCUT2D eigenvalue weighted by Crippen LogP contribution is 2.37. The van der Waals surface area contributed by atoms with Gasteiger partial charge >= 0.3 is 6.18 Å². The van der Waals surface area contributed by atoms with Crippen LogP contribution in [0.4, 0.5) is 18.9 Å². The van der Waals surface area contributed by atoms with Crippen LogP contribution >= 0.6 is 11.6 Å². The van der Waals surface area contributed by atoms with E-state index in [2.05, 4.69) is 5.32 Å². The first-order chi connectivity index (χ1) is 19.6. The smallest absolute Gasteiger partial charge is 0.352 e. The summed E-state index contributed by atoms with van der Waals surface area (Å²) in [5.41, 5.74) is 0.000352. The van der Waals surface area contributed by atoms with Gasteiger partial charge in [-0.2, -0.15) is 13.2 Å². The molecule has 3 aromatic rings. The molecule has 0 saturated heterocycles. The Morgan fingerprint density at radius 1 is 0.976 bits per heavy atom. The zero-order chi connectivity index (χ0) is 31.2. The molecule has 2 amide bonds. The van der Waals surface area contributed by atoms with Gasteiger partial charge in [-0.15, -0.1) is 0 Å². The normalized spacial score (nSPS) is 12.6. The lowest BCUT2D eigenvalue weighted by atomic mass is 10.1. The van der Waals surface area contributed by atoms with E-state index in [1.54, 1.807) is 39.0 Å². The zero-order valence-electron chi connectivity index (χ0n) is 23.7. The number of hydrogen-bond acceptors (Lipinski definition) is 4. The van der Waals surface area contributed by atoms with Crippen LogP contribution in [0.1, 0.15) is 43.9 Å². The SMILES string of the molecule is CCC(C(=O)NC(C)C)N(Cc1ccc(C)cc1)C(=O)CN(c1cc(C(F)(F)F)ccc1Cl)S(=O)(=O)c1ccccc1. The number of nitrogens with one attached hydrogen (secondary N) is 1. The van der Waals surface area contributed by atoms with E-state index in [4.69, 9.17) is 11.6 Å². The number of alkyl halides is 3. The predicted molar refractivity (Wildman–Crippen MR) is 157 cm³/mol. The van der Waals surface area contributed by atoms with Gasteiger partial charge in [0.15, 0.2) is 0 Å². The van der Waals surface area contributed by atoms with Gasteiger partial charge in [-0.05, 0) is 63.1 Å². The summed E-state index contributed by atoms with van der Waals surface area (Å²) in [6.45, 7) is 6.18. The monoisotopic (exact) mass is 623 g/mol. The maximum atomic E-state index is 14.0. The fraction of sp³-hybridized carbons (Fsp3) is 0.333. The molecule has 3 rings (SSSR count). The van der Waals surface area contributed by atoms with Gasteiger partial charge in [0.2, 0.25) is 11.8 Å². The standard InChI is InChI=1S/C30H33ClF3N3O4S/c1-5-26(29(39)35-20(2)3)36(18-22-13-11-21(4)12-14-22)28(38)19-37(42(40,41)24-9-7-6-8-10-24)27-17-23(30(32,33)34)15-16-25(27)31/h6-17,20,26H,5,18-19H2,1-4H3,(H,35,39). The third-order valence-electron chi connectivity index (χ3n) is 6.44. The van der Waals surface area contributed by atoms with Crippen LogP contribution in [-0.4, -0.2) is 43.8 Å². The molecule has 12 heteroatoms. The Bertz CT molecular complexity index is 1500. The quantitative estimate of drug-likeness (QED) is 0.276. The third-order valence-corrected chi connectivity index (χ3v) is 8.54. The van der Waals surface area contributed by atoms with Crippen molar-refractivity contribution in [3.8, 4) is 0 Å². The molecule has 0 aliphatic heterocycles. The maximum absolute atomic E-state index is 14.0. The molecule has 0 heterocycles. The molecule has 1 unspecified atom stereocenters. The molecule has 7 nitrogen and oxygen atoms in total. The fourth-order valence-corrected chi connectivity index (χ4v) is 6.02. The van der Waals surface area contributed by atoms with Crippen LogP contribution in [0.15, 0.2) is 77.7 Å². The second-order valence-electron chi connectivity index (χ2n) is 10.1. The summed E-state index contributed by atoms with van der Waals surface area (Å²) in [6, 6.07) is 15.3. The van der Waals surface area contributed by atoms with Crippen LogP contribution in [0.5, 0.6) is 0 Å². The topological polar surface area (TPSA) is 86.8 Å². The second-order valence-corrected chi connectivity index (χ2v) is 12.4. The number of carbonyl (C=O) groups is 2. The van der Waals surface area contributed by atoms with Crippen LogP contribution < -0.4 is 9.62 Å². The first-order valence-electron chi connectivity index (χ1n) is 13.2. The zero-order valence-corrected chi connectivity index (χ0v) is 25.2. The Morgan fingerprint density at radius 3 is 2.14 bits per heavy atom. The van der Waals surface area contributed by atoms with Gasteiger partial charge in [0.05, 0.1) is 21.2 Å². The molecule has 1 N–H and O–H groups in total. The first kappa shape index (κ1) is 32.9. The van der Waals surface area contributed by atoms with Crippen molar-refractivity contribution >= 4 is 39.1 Å². The van der Waals surface area contributed by atoms with Gasteiger partial charge in [0, 0.05) is 12.6 Å². The average Bonchev–Trinajstić information content (AvgIpc) is 2.92. The minimum Gasteiger partial charge on any atom is -0.352 e. The molecule has 0 bridgehead atoms. The van der Waals surface area contributed by atoms with E-state index in [1.165, 1.54) is 29.2 Å². The Labute approximate surface area is 249 Å². The van der Waals surface area contributed by atoms with E-state index in [1.807, 2.05) is 19.1 Å². The molecule has 3 aromatic carbocycles. The minimum absolute atomic E-state index is 0.0430. The Balaban J connectivity index is 2.15. The number of anilines is 1. The average molecular weight is 624 g/mol. The van der Waals surface area contributed by atoms with Crippen LogP contribution in [-0.2, 0) is 32.3 Å². The van der Waals surface area contributed by atoms with E-state index < -0.39 is 51.9 Å². The van der Waals surface area contributed by atoms with Crippen LogP contribution in [0.2, 0.25) is 5.02 Å². The Morgan fingerprint density at radius 2 is 1.60 bits per heavy atom. The lowest BCUT2D eigenvalue weighted by Crippen LogP contribution is -2.53. The minimum atomic E-state index is -4.80. The molecular weight excluding hydrogens is 591 g/mol. The molecule has 0 radical (unpaired) electrons. The molecule has 226 valence electrons. The molecule has 0 aliphatic rings. The Kier molecular flexibility index (Phi) is 10.7. The van der Waals surface area contributed by atoms with Crippen LogP contribution in [0.3, 0.4) is 0 Å². The summed E-state index contributed by atoms with van der Waals surface area (Å²) < 4.78 is 69.2. The number of halogens is 4. The molecule has 0 aliphatic carbocycles.